The minimum Gasteiger partial charge on any atom is -0.300 e. The summed E-state index contributed by atoms with van der Waals surface area (Å²) in [5.74, 6) is 0.758. The first-order valence-electron chi connectivity index (χ1n) is 8.22. The average Bonchev–Trinajstić information content (AvgIpc) is 3.05. The van der Waals surface area contributed by atoms with E-state index in [1.165, 1.54) is 23.1 Å². The number of rotatable bonds is 7. The van der Waals surface area contributed by atoms with Gasteiger partial charge in [0.15, 0.2) is 4.34 Å². The second kappa shape index (κ2) is 9.35. The lowest BCUT2D eigenvalue weighted by atomic mass is 10.1. The number of anilines is 1. The Kier molecular flexibility index (Phi) is 7.43. The maximum absolute atomic E-state index is 12.6. The van der Waals surface area contributed by atoms with E-state index in [-0.39, 0.29) is 11.2 Å². The van der Waals surface area contributed by atoms with Crippen molar-refractivity contribution in [2.45, 2.75) is 55.7 Å². The van der Waals surface area contributed by atoms with E-state index < -0.39 is 0 Å². The number of aryl methyl sites for hydroxylation is 1. The van der Waals surface area contributed by atoms with Crippen molar-refractivity contribution in [2.75, 3.05) is 11.1 Å². The lowest BCUT2D eigenvalue weighted by Gasteiger charge is -2.16. The Labute approximate surface area is 166 Å². The molecule has 0 aliphatic rings. The number of nitrogens with zero attached hydrogens (tertiary/aromatic N) is 4. The van der Waals surface area contributed by atoms with Gasteiger partial charge in [0.2, 0.25) is 11.0 Å². The van der Waals surface area contributed by atoms with Crippen LogP contribution in [0.4, 0.5) is 5.13 Å². The van der Waals surface area contributed by atoms with E-state index in [0.717, 1.165) is 26.9 Å². The summed E-state index contributed by atoms with van der Waals surface area (Å²) in [6, 6.07) is 2.23. The normalized spacial score (nSPS) is 11.8. The molecule has 0 aromatic carbocycles. The van der Waals surface area contributed by atoms with E-state index in [9.17, 15) is 10.1 Å². The number of aromatic nitrogens is 3. The van der Waals surface area contributed by atoms with E-state index in [1.807, 2.05) is 34.6 Å². The summed E-state index contributed by atoms with van der Waals surface area (Å²) in [5, 5.41) is 21.1. The van der Waals surface area contributed by atoms with Gasteiger partial charge in [0.25, 0.3) is 0 Å². The number of thioether (sulfide) groups is 2. The van der Waals surface area contributed by atoms with Crippen LogP contribution in [0.15, 0.2) is 9.37 Å². The summed E-state index contributed by atoms with van der Waals surface area (Å²) in [6.45, 7) is 9.78. The third kappa shape index (κ3) is 4.75. The number of hydrogen-bond donors (Lipinski definition) is 1. The van der Waals surface area contributed by atoms with Crippen LogP contribution in [0.5, 0.6) is 0 Å². The Hall–Kier alpha value is -1.63. The minimum absolute atomic E-state index is 0.150. The third-order valence-corrected chi connectivity index (χ3v) is 7.10. The first kappa shape index (κ1) is 20.7. The lowest BCUT2D eigenvalue weighted by Crippen LogP contribution is -2.25. The van der Waals surface area contributed by atoms with Crippen molar-refractivity contribution in [3.05, 3.63) is 22.4 Å². The Balaban J connectivity index is 2.18. The molecule has 0 aliphatic carbocycles. The molecule has 2 aromatic rings. The van der Waals surface area contributed by atoms with E-state index in [4.69, 9.17) is 0 Å². The molecule has 138 valence electrons. The van der Waals surface area contributed by atoms with Gasteiger partial charge in [-0.05, 0) is 44.1 Å². The molecule has 0 fully saturated rings. The van der Waals surface area contributed by atoms with Gasteiger partial charge in [-0.3, -0.25) is 10.1 Å². The fourth-order valence-corrected chi connectivity index (χ4v) is 4.97. The monoisotopic (exact) mass is 407 g/mol. The SMILES string of the molecule is CCSc1nnc(NC(=O)C(CC)Sc2nc(C)c(C)c(C)c2C#N)s1. The van der Waals surface area contributed by atoms with Crippen molar-refractivity contribution in [1.29, 1.82) is 5.26 Å². The summed E-state index contributed by atoms with van der Waals surface area (Å²) in [7, 11) is 0. The summed E-state index contributed by atoms with van der Waals surface area (Å²) >= 11 is 4.28. The largest absolute Gasteiger partial charge is 0.300 e. The number of carbonyl (C=O) groups excluding carboxylic acids is 1. The van der Waals surface area contributed by atoms with Crippen LogP contribution in [0.1, 0.15) is 42.7 Å². The molecule has 26 heavy (non-hydrogen) atoms. The van der Waals surface area contributed by atoms with Gasteiger partial charge in [-0.15, -0.1) is 10.2 Å². The highest BCUT2D eigenvalue weighted by molar-refractivity contribution is 8.01. The lowest BCUT2D eigenvalue weighted by molar-refractivity contribution is -0.115. The van der Waals surface area contributed by atoms with Crippen molar-refractivity contribution in [1.82, 2.24) is 15.2 Å². The highest BCUT2D eigenvalue weighted by atomic mass is 32.2. The highest BCUT2D eigenvalue weighted by Gasteiger charge is 2.23. The van der Waals surface area contributed by atoms with E-state index >= 15 is 0 Å². The maximum Gasteiger partial charge on any atom is 0.239 e. The molecule has 9 heteroatoms. The predicted molar refractivity (Wildman–Crippen MR) is 108 cm³/mol. The summed E-state index contributed by atoms with van der Waals surface area (Å²) in [6.07, 6.45) is 0.615. The van der Waals surface area contributed by atoms with E-state index in [2.05, 4.69) is 26.6 Å². The van der Waals surface area contributed by atoms with Crippen molar-refractivity contribution >= 4 is 45.9 Å². The second-order valence-corrected chi connectivity index (χ2v) is 9.23. The number of pyridine rings is 1. The molecule has 2 aromatic heterocycles. The quantitative estimate of drug-likeness (QED) is 0.539. The van der Waals surface area contributed by atoms with Gasteiger partial charge >= 0.3 is 0 Å². The van der Waals surface area contributed by atoms with Crippen molar-refractivity contribution in [3.63, 3.8) is 0 Å². The molecule has 1 unspecified atom stereocenters. The van der Waals surface area contributed by atoms with Gasteiger partial charge in [0.05, 0.1) is 10.8 Å². The molecule has 0 saturated carbocycles. The zero-order valence-corrected chi connectivity index (χ0v) is 17.9. The fourth-order valence-electron chi connectivity index (χ4n) is 2.21. The fraction of sp³-hybridized carbons (Fsp3) is 0.471. The van der Waals surface area contributed by atoms with Crippen molar-refractivity contribution in [2.24, 2.45) is 0 Å². The van der Waals surface area contributed by atoms with Gasteiger partial charge in [-0.25, -0.2) is 4.98 Å². The van der Waals surface area contributed by atoms with Crippen LogP contribution in [0.25, 0.3) is 0 Å². The molecule has 0 bridgehead atoms. The number of nitrogens with one attached hydrogen (secondary N) is 1. The van der Waals surface area contributed by atoms with Crippen LogP contribution >= 0.6 is 34.9 Å². The Morgan fingerprint density at radius 2 is 2.00 bits per heavy atom. The highest BCUT2D eigenvalue weighted by Crippen LogP contribution is 2.32. The van der Waals surface area contributed by atoms with Gasteiger partial charge in [-0.1, -0.05) is 48.7 Å². The van der Waals surface area contributed by atoms with Crippen LogP contribution in [-0.4, -0.2) is 32.1 Å². The maximum atomic E-state index is 12.6. The Morgan fingerprint density at radius 3 is 2.62 bits per heavy atom. The zero-order chi connectivity index (χ0) is 19.3. The third-order valence-electron chi connectivity index (χ3n) is 3.90. The van der Waals surface area contributed by atoms with Gasteiger partial charge in [0.1, 0.15) is 11.1 Å². The minimum atomic E-state index is -0.359. The van der Waals surface area contributed by atoms with E-state index in [1.54, 1.807) is 11.8 Å². The molecule has 1 N–H and O–H groups in total. The van der Waals surface area contributed by atoms with Crippen molar-refractivity contribution in [3.8, 4) is 6.07 Å². The molecule has 2 heterocycles. The second-order valence-electron chi connectivity index (χ2n) is 5.55. The standard InChI is InChI=1S/C17H21N5OS3/c1-6-13(14(23)20-16-21-22-17(26-16)24-7-2)25-15-12(8-18)10(4)9(3)11(5)19-15/h13H,6-7H2,1-5H3,(H,20,21,23). The average molecular weight is 408 g/mol. The first-order valence-corrected chi connectivity index (χ1v) is 10.9. The number of amides is 1. The number of hydrogen-bond acceptors (Lipinski definition) is 8. The van der Waals surface area contributed by atoms with E-state index in [0.29, 0.717) is 22.1 Å². The van der Waals surface area contributed by atoms with Crippen LogP contribution in [0.3, 0.4) is 0 Å². The number of nitriles is 1. The topological polar surface area (TPSA) is 91.6 Å². The van der Waals surface area contributed by atoms with Gasteiger partial charge in [-0.2, -0.15) is 5.26 Å². The van der Waals surface area contributed by atoms with Crippen LogP contribution in [-0.2, 0) is 4.79 Å². The molecule has 6 nitrogen and oxygen atoms in total. The zero-order valence-electron chi connectivity index (χ0n) is 15.4. The summed E-state index contributed by atoms with van der Waals surface area (Å²) < 4.78 is 0.835. The predicted octanol–water partition coefficient (Wildman–Crippen LogP) is 4.35. The number of carbonyl (C=O) groups is 1. The first-order chi connectivity index (χ1) is 12.4. The molecule has 0 spiro atoms. The Bertz CT molecular complexity index is 844. The molecular formula is C17H21N5OS3. The van der Waals surface area contributed by atoms with Crippen LogP contribution < -0.4 is 5.32 Å². The summed E-state index contributed by atoms with van der Waals surface area (Å²) in [5.41, 5.74) is 3.35. The van der Waals surface area contributed by atoms with Crippen molar-refractivity contribution < 1.29 is 4.79 Å². The molecule has 2 rings (SSSR count). The van der Waals surface area contributed by atoms with Crippen LogP contribution in [0, 0.1) is 32.1 Å². The molecule has 0 saturated heterocycles. The molecule has 1 amide bonds. The smallest absolute Gasteiger partial charge is 0.239 e. The molecule has 0 radical (unpaired) electrons. The van der Waals surface area contributed by atoms with Gasteiger partial charge < -0.3 is 0 Å². The Morgan fingerprint density at radius 1 is 1.27 bits per heavy atom. The molecule has 1 atom stereocenters. The van der Waals surface area contributed by atoms with Gasteiger partial charge in [0, 0.05) is 5.69 Å². The molecule has 0 aliphatic heterocycles. The summed E-state index contributed by atoms with van der Waals surface area (Å²) in [4.78, 5) is 17.2. The molecular weight excluding hydrogens is 386 g/mol. The van der Waals surface area contributed by atoms with Crippen LogP contribution in [0.2, 0.25) is 0 Å².